The van der Waals surface area contributed by atoms with Crippen molar-refractivity contribution >= 4 is 28.3 Å². The van der Waals surface area contributed by atoms with Crippen LogP contribution in [0, 0.1) is 12.7 Å². The van der Waals surface area contributed by atoms with Crippen LogP contribution in [0.4, 0.5) is 10.1 Å². The van der Waals surface area contributed by atoms with Crippen molar-refractivity contribution in [2.75, 3.05) is 5.73 Å². The third-order valence-corrected chi connectivity index (χ3v) is 3.30. The molecule has 0 aliphatic rings. The van der Waals surface area contributed by atoms with E-state index in [1.807, 2.05) is 29.7 Å². The number of benzene rings is 2. The quantitative estimate of drug-likeness (QED) is 0.688. The smallest absolute Gasteiger partial charge is 0.141 e. The van der Waals surface area contributed by atoms with Gasteiger partial charge in [-0.1, -0.05) is 11.6 Å². The molecule has 0 aliphatic heterocycles. The Kier molecular flexibility index (Phi) is 2.68. The Bertz CT molecular complexity index is 780. The van der Waals surface area contributed by atoms with Crippen LogP contribution in [0.25, 0.3) is 16.7 Å². The first-order chi connectivity index (χ1) is 9.06. The summed E-state index contributed by atoms with van der Waals surface area (Å²) in [6, 6.07) is 10.1. The fraction of sp³-hybridized carbons (Fsp3) is 0.0714. The molecule has 1 heterocycles. The molecule has 0 bridgehead atoms. The molecule has 3 aromatic rings. The van der Waals surface area contributed by atoms with Gasteiger partial charge in [0.05, 0.1) is 16.1 Å². The molecule has 0 saturated carbocycles. The predicted octanol–water partition coefficient (Wildman–Crippen LogP) is 3.71. The molecule has 0 fully saturated rings. The highest BCUT2D eigenvalue weighted by atomic mass is 35.5. The molecule has 3 nitrogen and oxygen atoms in total. The van der Waals surface area contributed by atoms with Gasteiger partial charge in [0.15, 0.2) is 0 Å². The van der Waals surface area contributed by atoms with Crippen molar-refractivity contribution in [2.45, 2.75) is 6.92 Å². The zero-order valence-corrected chi connectivity index (χ0v) is 10.9. The van der Waals surface area contributed by atoms with E-state index in [2.05, 4.69) is 4.98 Å². The molecule has 96 valence electrons. The van der Waals surface area contributed by atoms with E-state index < -0.39 is 5.82 Å². The number of rotatable bonds is 1. The third-order valence-electron chi connectivity index (χ3n) is 3.01. The molecule has 1 aromatic heterocycles. The lowest BCUT2D eigenvalue weighted by Gasteiger charge is -2.07. The largest absolute Gasteiger partial charge is 0.399 e. The number of aromatic nitrogens is 2. The third kappa shape index (κ3) is 1.94. The standard InChI is InChI=1S/C14H11ClFN3/c1-8-18-13-6-9(17)2-5-14(13)19(8)10-3-4-12(16)11(15)7-10/h2-7H,17H2,1H3. The lowest BCUT2D eigenvalue weighted by molar-refractivity contribution is 0.628. The Morgan fingerprint density at radius 1 is 1.21 bits per heavy atom. The zero-order valence-electron chi connectivity index (χ0n) is 10.2. The Hall–Kier alpha value is -2.07. The van der Waals surface area contributed by atoms with Crippen molar-refractivity contribution < 1.29 is 4.39 Å². The number of anilines is 1. The molecular weight excluding hydrogens is 265 g/mol. The van der Waals surface area contributed by atoms with Crippen molar-refractivity contribution in [3.05, 3.63) is 53.1 Å². The van der Waals surface area contributed by atoms with Gasteiger partial charge in [-0.25, -0.2) is 9.37 Å². The second kappa shape index (κ2) is 4.24. The minimum atomic E-state index is -0.434. The van der Waals surface area contributed by atoms with Gasteiger partial charge in [-0.05, 0) is 43.3 Å². The van der Waals surface area contributed by atoms with Crippen LogP contribution in [0.1, 0.15) is 5.82 Å². The van der Waals surface area contributed by atoms with Crippen LogP contribution in [0.3, 0.4) is 0 Å². The minimum Gasteiger partial charge on any atom is -0.399 e. The molecule has 0 spiro atoms. The number of halogens is 2. The topological polar surface area (TPSA) is 43.8 Å². The maximum atomic E-state index is 13.2. The minimum absolute atomic E-state index is 0.0918. The van der Waals surface area contributed by atoms with Crippen molar-refractivity contribution in [3.8, 4) is 5.69 Å². The number of imidazole rings is 1. The van der Waals surface area contributed by atoms with E-state index in [1.165, 1.54) is 6.07 Å². The molecule has 0 radical (unpaired) electrons. The van der Waals surface area contributed by atoms with Crippen LogP contribution in [0.15, 0.2) is 36.4 Å². The van der Waals surface area contributed by atoms with E-state index in [0.717, 1.165) is 22.5 Å². The number of aryl methyl sites for hydroxylation is 1. The maximum Gasteiger partial charge on any atom is 0.141 e. The van der Waals surface area contributed by atoms with E-state index >= 15 is 0 Å². The van der Waals surface area contributed by atoms with Gasteiger partial charge >= 0.3 is 0 Å². The van der Waals surface area contributed by atoms with Gasteiger partial charge in [0.1, 0.15) is 11.6 Å². The molecule has 19 heavy (non-hydrogen) atoms. The number of hydrogen-bond donors (Lipinski definition) is 1. The SMILES string of the molecule is Cc1nc2cc(N)ccc2n1-c1ccc(F)c(Cl)c1. The Morgan fingerprint density at radius 2 is 2.00 bits per heavy atom. The average Bonchev–Trinajstić information content (AvgIpc) is 2.68. The highest BCUT2D eigenvalue weighted by molar-refractivity contribution is 6.30. The summed E-state index contributed by atoms with van der Waals surface area (Å²) in [5.41, 5.74) is 8.90. The molecule has 0 amide bonds. The van der Waals surface area contributed by atoms with Crippen LogP contribution in [-0.2, 0) is 0 Å². The van der Waals surface area contributed by atoms with Crippen LogP contribution in [0.2, 0.25) is 5.02 Å². The summed E-state index contributed by atoms with van der Waals surface area (Å²) in [6.07, 6.45) is 0. The summed E-state index contributed by atoms with van der Waals surface area (Å²) in [7, 11) is 0. The summed E-state index contributed by atoms with van der Waals surface area (Å²) >= 11 is 5.83. The fourth-order valence-corrected chi connectivity index (χ4v) is 2.34. The fourth-order valence-electron chi connectivity index (χ4n) is 2.17. The van der Waals surface area contributed by atoms with Crippen molar-refractivity contribution in [1.29, 1.82) is 0 Å². The van der Waals surface area contributed by atoms with Crippen molar-refractivity contribution in [1.82, 2.24) is 9.55 Å². The van der Waals surface area contributed by atoms with Crippen LogP contribution < -0.4 is 5.73 Å². The number of nitrogens with two attached hydrogens (primary N) is 1. The highest BCUT2D eigenvalue weighted by Crippen LogP contribution is 2.25. The van der Waals surface area contributed by atoms with E-state index in [0.29, 0.717) is 5.69 Å². The van der Waals surface area contributed by atoms with Gasteiger partial charge in [0, 0.05) is 11.4 Å². The number of nitrogens with zero attached hydrogens (tertiary/aromatic N) is 2. The van der Waals surface area contributed by atoms with E-state index in [-0.39, 0.29) is 5.02 Å². The van der Waals surface area contributed by atoms with Gasteiger partial charge in [-0.2, -0.15) is 0 Å². The highest BCUT2D eigenvalue weighted by Gasteiger charge is 2.11. The molecule has 3 rings (SSSR count). The number of fused-ring (bicyclic) bond motifs is 1. The Labute approximate surface area is 114 Å². The average molecular weight is 276 g/mol. The molecule has 2 N–H and O–H groups in total. The molecule has 0 atom stereocenters. The summed E-state index contributed by atoms with van der Waals surface area (Å²) in [4.78, 5) is 4.45. The summed E-state index contributed by atoms with van der Waals surface area (Å²) in [5.74, 6) is 0.361. The Morgan fingerprint density at radius 3 is 2.74 bits per heavy atom. The van der Waals surface area contributed by atoms with Crippen molar-refractivity contribution in [3.63, 3.8) is 0 Å². The lowest BCUT2D eigenvalue weighted by atomic mass is 10.2. The zero-order chi connectivity index (χ0) is 13.6. The number of nitrogen functional groups attached to an aromatic ring is 1. The van der Waals surface area contributed by atoms with E-state index in [1.54, 1.807) is 12.1 Å². The molecule has 0 saturated heterocycles. The first-order valence-corrected chi connectivity index (χ1v) is 6.14. The summed E-state index contributed by atoms with van der Waals surface area (Å²) < 4.78 is 15.2. The summed E-state index contributed by atoms with van der Waals surface area (Å²) in [6.45, 7) is 1.88. The van der Waals surface area contributed by atoms with Gasteiger partial charge in [0.2, 0.25) is 0 Å². The molecule has 0 aliphatic carbocycles. The van der Waals surface area contributed by atoms with E-state index in [4.69, 9.17) is 17.3 Å². The van der Waals surface area contributed by atoms with E-state index in [9.17, 15) is 4.39 Å². The van der Waals surface area contributed by atoms with Crippen LogP contribution in [-0.4, -0.2) is 9.55 Å². The normalized spacial score (nSPS) is 11.1. The molecule has 5 heteroatoms. The first-order valence-electron chi connectivity index (χ1n) is 5.76. The van der Waals surface area contributed by atoms with Gasteiger partial charge < -0.3 is 5.73 Å². The Balaban J connectivity index is 2.29. The first kappa shape index (κ1) is 12.0. The monoisotopic (exact) mass is 275 g/mol. The predicted molar refractivity (Wildman–Crippen MR) is 75.2 cm³/mol. The number of hydrogen-bond acceptors (Lipinski definition) is 2. The van der Waals surface area contributed by atoms with Gasteiger partial charge in [-0.15, -0.1) is 0 Å². The molecular formula is C14H11ClFN3. The second-order valence-electron chi connectivity index (χ2n) is 4.34. The molecule has 0 unspecified atom stereocenters. The summed E-state index contributed by atoms with van der Waals surface area (Å²) in [5, 5.41) is 0.0918. The van der Waals surface area contributed by atoms with Crippen molar-refractivity contribution in [2.24, 2.45) is 0 Å². The van der Waals surface area contributed by atoms with Crippen LogP contribution >= 0.6 is 11.6 Å². The maximum absolute atomic E-state index is 13.2. The van der Waals surface area contributed by atoms with Gasteiger partial charge in [-0.3, -0.25) is 4.57 Å². The lowest BCUT2D eigenvalue weighted by Crippen LogP contribution is -1.97. The van der Waals surface area contributed by atoms with Crippen LogP contribution in [0.5, 0.6) is 0 Å². The second-order valence-corrected chi connectivity index (χ2v) is 4.75. The van der Waals surface area contributed by atoms with Gasteiger partial charge in [0.25, 0.3) is 0 Å². The molecule has 2 aromatic carbocycles.